The zero-order valence-electron chi connectivity index (χ0n) is 7.53. The molecule has 0 aromatic heterocycles. The van der Waals surface area contributed by atoms with E-state index < -0.39 is 0 Å². The minimum absolute atomic E-state index is 0.192. The van der Waals surface area contributed by atoms with Crippen molar-refractivity contribution in [3.8, 4) is 0 Å². The van der Waals surface area contributed by atoms with Gasteiger partial charge in [-0.05, 0) is 13.5 Å². The van der Waals surface area contributed by atoms with E-state index in [1.54, 1.807) is 0 Å². The Morgan fingerprint density at radius 1 is 1.58 bits per heavy atom. The van der Waals surface area contributed by atoms with Crippen LogP contribution in [-0.4, -0.2) is 41.4 Å². The molecule has 0 radical (unpaired) electrons. The number of nitrogens with one attached hydrogen (secondary N) is 1. The van der Waals surface area contributed by atoms with Crippen LogP contribution in [0.3, 0.4) is 0 Å². The second-order valence-electron chi connectivity index (χ2n) is 2.24. The first kappa shape index (κ1) is 11.0. The third-order valence-corrected chi connectivity index (χ3v) is 1.48. The van der Waals surface area contributed by atoms with Gasteiger partial charge in [-0.2, -0.15) is 0 Å². The van der Waals surface area contributed by atoms with E-state index in [9.17, 15) is 5.21 Å². The van der Waals surface area contributed by atoms with E-state index in [4.69, 9.17) is 5.21 Å². The van der Waals surface area contributed by atoms with Crippen molar-refractivity contribution in [1.82, 2.24) is 10.3 Å². The molecule has 0 heterocycles. The number of rotatable bonds is 6. The molecule has 0 fully saturated rings. The van der Waals surface area contributed by atoms with Crippen LogP contribution in [0.2, 0.25) is 0 Å². The van der Waals surface area contributed by atoms with E-state index in [-0.39, 0.29) is 4.97 Å². The van der Waals surface area contributed by atoms with Crippen LogP contribution in [0, 0.1) is 5.21 Å². The van der Waals surface area contributed by atoms with E-state index in [0.29, 0.717) is 19.6 Å². The molecule has 72 valence electrons. The topological polar surface area (TPSA) is 73.9 Å². The lowest BCUT2D eigenvalue weighted by atomic mass is 10.5. The van der Waals surface area contributed by atoms with Gasteiger partial charge in [0.15, 0.2) is 0 Å². The van der Waals surface area contributed by atoms with Gasteiger partial charge in [-0.1, -0.05) is 6.92 Å². The summed E-state index contributed by atoms with van der Waals surface area (Å²) in [6.45, 7) is 6.45. The van der Waals surface area contributed by atoms with Gasteiger partial charge in [0.05, 0.1) is 18.1 Å². The van der Waals surface area contributed by atoms with Crippen LogP contribution in [0.15, 0.2) is 5.28 Å². The molecular weight excluding hydrogens is 160 g/mol. The maximum absolute atomic E-state index is 10.7. The molecule has 0 amide bonds. The zero-order valence-corrected chi connectivity index (χ0v) is 7.53. The summed E-state index contributed by atoms with van der Waals surface area (Å²) < 4.78 is 0. The molecule has 0 rings (SSSR count). The molecule has 12 heavy (non-hydrogen) atoms. The quantitative estimate of drug-likeness (QED) is 0.262. The Kier molecular flexibility index (Phi) is 6.08. The fraction of sp³-hybridized carbons (Fsp3) is 1.00. The molecule has 0 aromatic rings. The van der Waals surface area contributed by atoms with Gasteiger partial charge in [0.2, 0.25) is 5.28 Å². The molecule has 0 aromatic carbocycles. The van der Waals surface area contributed by atoms with Crippen molar-refractivity contribution in [2.24, 2.45) is 5.28 Å². The van der Waals surface area contributed by atoms with Gasteiger partial charge in [0.25, 0.3) is 0 Å². The smallest absolute Gasteiger partial charge is 0.230 e. The third kappa shape index (κ3) is 3.97. The second-order valence-corrected chi connectivity index (χ2v) is 2.24. The number of hydrazine groups is 1. The van der Waals surface area contributed by atoms with Crippen molar-refractivity contribution in [1.29, 1.82) is 0 Å². The van der Waals surface area contributed by atoms with Crippen LogP contribution < -0.4 is 5.32 Å². The molecule has 0 unspecified atom stereocenters. The van der Waals surface area contributed by atoms with Gasteiger partial charge in [0.1, 0.15) is 0 Å². The summed E-state index contributed by atoms with van der Waals surface area (Å²) >= 11 is 0. The number of hydrogen-bond acceptors (Lipinski definition) is 3. The molecule has 0 aliphatic heterocycles. The monoisotopic (exact) mass is 176 g/mol. The predicted molar refractivity (Wildman–Crippen MR) is 43.6 cm³/mol. The highest BCUT2D eigenvalue weighted by Crippen LogP contribution is 1.87. The number of nitrogens with zero attached hydrogens (tertiary/aromatic N) is 3. The highest BCUT2D eigenvalue weighted by molar-refractivity contribution is 4.46. The zero-order chi connectivity index (χ0) is 9.40. The highest BCUT2D eigenvalue weighted by atomic mass is 16.6. The van der Waals surface area contributed by atoms with Gasteiger partial charge in [-0.25, -0.2) is 0 Å². The van der Waals surface area contributed by atoms with Crippen molar-refractivity contribution in [2.75, 3.05) is 26.2 Å². The first-order chi connectivity index (χ1) is 5.76. The standard InChI is InChI=1S/C6H16N4O2/c1-3-7-5-6-9(4-2)10(12)8-11/h7,11H,3-6H2,1-2H3. The molecule has 0 saturated heterocycles. The first-order valence-electron chi connectivity index (χ1n) is 4.04. The van der Waals surface area contributed by atoms with Gasteiger partial charge < -0.3 is 15.7 Å². The minimum Gasteiger partial charge on any atom is -0.569 e. The molecule has 0 aliphatic carbocycles. The summed E-state index contributed by atoms with van der Waals surface area (Å²) in [6, 6.07) is 0. The Morgan fingerprint density at radius 3 is 2.67 bits per heavy atom. The molecule has 2 N–H and O–H groups in total. The Labute approximate surface area is 72.0 Å². The summed E-state index contributed by atoms with van der Waals surface area (Å²) in [7, 11) is 0. The van der Waals surface area contributed by atoms with Crippen molar-refractivity contribution >= 4 is 0 Å². The van der Waals surface area contributed by atoms with Gasteiger partial charge in [-0.15, -0.1) is 5.01 Å². The normalized spacial score (nSPS) is 11.7. The highest BCUT2D eigenvalue weighted by Gasteiger charge is 2.07. The van der Waals surface area contributed by atoms with Gasteiger partial charge in [-0.3, -0.25) is 0 Å². The third-order valence-electron chi connectivity index (χ3n) is 1.48. The summed E-state index contributed by atoms with van der Waals surface area (Å²) in [4.78, 5) is 0.192. The fourth-order valence-electron chi connectivity index (χ4n) is 0.806. The lowest BCUT2D eigenvalue weighted by molar-refractivity contribution is -0.708. The van der Waals surface area contributed by atoms with Crippen LogP contribution in [0.5, 0.6) is 0 Å². The maximum atomic E-state index is 10.7. The molecule has 0 bridgehead atoms. The largest absolute Gasteiger partial charge is 0.569 e. The van der Waals surface area contributed by atoms with Gasteiger partial charge >= 0.3 is 0 Å². The minimum atomic E-state index is 0.192. The van der Waals surface area contributed by atoms with Crippen LogP contribution in [0.1, 0.15) is 13.8 Å². The molecular formula is C6H16N4O2. The molecule has 0 aliphatic rings. The molecule has 0 saturated carbocycles. The van der Waals surface area contributed by atoms with Gasteiger partial charge in [0, 0.05) is 6.54 Å². The van der Waals surface area contributed by atoms with E-state index in [1.807, 2.05) is 13.8 Å². The Balaban J connectivity index is 3.68. The summed E-state index contributed by atoms with van der Waals surface area (Å²) in [6.07, 6.45) is 0. The van der Waals surface area contributed by atoms with Crippen LogP contribution in [0.25, 0.3) is 0 Å². The van der Waals surface area contributed by atoms with E-state index in [2.05, 4.69) is 10.6 Å². The summed E-state index contributed by atoms with van der Waals surface area (Å²) in [5, 5.41) is 25.9. The second kappa shape index (κ2) is 6.66. The lowest BCUT2D eigenvalue weighted by Crippen LogP contribution is -2.36. The van der Waals surface area contributed by atoms with Crippen molar-refractivity contribution in [3.63, 3.8) is 0 Å². The Hall–Kier alpha value is -1.04. The lowest BCUT2D eigenvalue weighted by Gasteiger charge is -2.15. The van der Waals surface area contributed by atoms with Crippen LogP contribution >= 0.6 is 0 Å². The average molecular weight is 176 g/mol. The van der Waals surface area contributed by atoms with Crippen molar-refractivity contribution in [2.45, 2.75) is 13.8 Å². The van der Waals surface area contributed by atoms with Crippen LogP contribution in [0.4, 0.5) is 0 Å². The number of likely N-dealkylation sites (N-methyl/N-ethyl adjacent to an activating group) is 2. The van der Waals surface area contributed by atoms with E-state index in [1.165, 1.54) is 5.01 Å². The number of hydrogen-bond donors (Lipinski definition) is 2. The Bertz CT molecular complexity index is 140. The van der Waals surface area contributed by atoms with E-state index in [0.717, 1.165) is 6.54 Å². The van der Waals surface area contributed by atoms with Crippen molar-refractivity contribution < 1.29 is 10.2 Å². The van der Waals surface area contributed by atoms with Crippen molar-refractivity contribution in [3.05, 3.63) is 5.21 Å². The maximum Gasteiger partial charge on any atom is 0.230 e. The molecule has 6 nitrogen and oxygen atoms in total. The fourth-order valence-corrected chi connectivity index (χ4v) is 0.806. The average Bonchev–Trinajstić information content (AvgIpc) is 2.11. The summed E-state index contributed by atoms with van der Waals surface area (Å²) in [5.74, 6) is 0. The predicted octanol–water partition coefficient (Wildman–Crippen LogP) is 0.184. The molecule has 0 atom stereocenters. The first-order valence-corrected chi connectivity index (χ1v) is 4.04. The summed E-state index contributed by atoms with van der Waals surface area (Å²) in [5.41, 5.74) is 0. The SMILES string of the molecule is CCNCCN(CC)[N+]([O-])=NO. The molecule has 0 spiro atoms. The Morgan fingerprint density at radius 2 is 2.25 bits per heavy atom. The van der Waals surface area contributed by atoms with E-state index >= 15 is 0 Å². The molecule has 6 heteroatoms. The van der Waals surface area contributed by atoms with Crippen LogP contribution in [-0.2, 0) is 0 Å².